The van der Waals surface area contributed by atoms with Crippen LogP contribution in [0.4, 0.5) is 4.79 Å². The van der Waals surface area contributed by atoms with Gasteiger partial charge in [0.25, 0.3) is 5.91 Å². The number of thioether (sulfide) groups is 1. The van der Waals surface area contributed by atoms with E-state index in [1.807, 2.05) is 0 Å². The minimum atomic E-state index is -1.15. The first-order chi connectivity index (χ1) is 11.9. The van der Waals surface area contributed by atoms with E-state index in [1.165, 1.54) is 13.0 Å². The van der Waals surface area contributed by atoms with E-state index in [2.05, 4.69) is 10.6 Å². The van der Waals surface area contributed by atoms with Gasteiger partial charge >= 0.3 is 12.0 Å². The summed E-state index contributed by atoms with van der Waals surface area (Å²) in [5.74, 6) is -1.93. The molecule has 1 aliphatic rings. The summed E-state index contributed by atoms with van der Waals surface area (Å²) in [6.07, 6.45) is 0.643. The van der Waals surface area contributed by atoms with Crippen LogP contribution in [-0.2, 0) is 14.3 Å². The molecule has 0 heterocycles. The number of imide groups is 1. The molecule has 1 aromatic rings. The van der Waals surface area contributed by atoms with E-state index in [9.17, 15) is 19.2 Å². The first-order valence-electron chi connectivity index (χ1n) is 7.69. The number of benzene rings is 1. The van der Waals surface area contributed by atoms with Gasteiger partial charge in [-0.05, 0) is 31.9 Å². The molecule has 0 radical (unpaired) electrons. The van der Waals surface area contributed by atoms with Crippen molar-refractivity contribution in [2.45, 2.75) is 36.8 Å². The number of amides is 4. The molecule has 1 aliphatic carbocycles. The van der Waals surface area contributed by atoms with Gasteiger partial charge in [-0.15, -0.1) is 11.8 Å². The smallest absolute Gasteiger partial charge is 0.340 e. The van der Waals surface area contributed by atoms with Gasteiger partial charge < -0.3 is 15.8 Å². The lowest BCUT2D eigenvalue weighted by molar-refractivity contribution is -0.128. The maximum atomic E-state index is 12.3. The highest BCUT2D eigenvalue weighted by Gasteiger charge is 2.26. The van der Waals surface area contributed by atoms with Crippen LogP contribution in [0.2, 0.25) is 0 Å². The molecule has 9 heteroatoms. The Kier molecular flexibility index (Phi) is 6.40. The average molecular weight is 365 g/mol. The Labute approximate surface area is 148 Å². The van der Waals surface area contributed by atoms with Crippen LogP contribution in [0.25, 0.3) is 0 Å². The molecule has 1 unspecified atom stereocenters. The average Bonchev–Trinajstić information content (AvgIpc) is 3.36. The number of primary amides is 1. The maximum Gasteiger partial charge on any atom is 0.340 e. The minimum absolute atomic E-state index is 0.0155. The van der Waals surface area contributed by atoms with Gasteiger partial charge in [0.1, 0.15) is 0 Å². The van der Waals surface area contributed by atoms with E-state index in [-0.39, 0.29) is 17.4 Å². The van der Waals surface area contributed by atoms with Crippen LogP contribution in [0, 0.1) is 0 Å². The molecule has 0 aromatic heterocycles. The number of hydrogen-bond donors (Lipinski definition) is 3. The first-order valence-corrected chi connectivity index (χ1v) is 8.68. The van der Waals surface area contributed by atoms with E-state index in [4.69, 9.17) is 10.5 Å². The van der Waals surface area contributed by atoms with Crippen molar-refractivity contribution in [1.82, 2.24) is 10.6 Å². The molecule has 1 aromatic carbocycles. The molecule has 8 nitrogen and oxygen atoms in total. The Bertz CT molecular complexity index is 690. The topological polar surface area (TPSA) is 128 Å². The standard InChI is InChI=1S/C16H19N3O5S/c1-9(14(21)19-16(23)18-10-6-7-10)24-15(22)11-4-2-3-5-12(11)25-8-13(17)20/h2-5,9-10H,6-8H2,1H3,(H2,17,20)(H2,18,19,21,23). The van der Waals surface area contributed by atoms with Crippen molar-refractivity contribution in [1.29, 1.82) is 0 Å². The second-order valence-corrected chi connectivity index (χ2v) is 6.55. The van der Waals surface area contributed by atoms with Crippen LogP contribution in [0.3, 0.4) is 0 Å². The summed E-state index contributed by atoms with van der Waals surface area (Å²) in [5, 5.41) is 4.73. The van der Waals surface area contributed by atoms with Crippen molar-refractivity contribution < 1.29 is 23.9 Å². The van der Waals surface area contributed by atoms with E-state index in [0.717, 1.165) is 24.6 Å². The monoisotopic (exact) mass is 365 g/mol. The van der Waals surface area contributed by atoms with E-state index < -0.39 is 29.9 Å². The number of ether oxygens (including phenoxy) is 1. The predicted molar refractivity (Wildman–Crippen MR) is 90.9 cm³/mol. The molecule has 2 rings (SSSR count). The Morgan fingerprint density at radius 2 is 1.96 bits per heavy atom. The molecule has 0 spiro atoms. The Morgan fingerprint density at radius 1 is 1.28 bits per heavy atom. The van der Waals surface area contributed by atoms with Crippen LogP contribution in [0.5, 0.6) is 0 Å². The van der Waals surface area contributed by atoms with E-state index in [1.54, 1.807) is 18.2 Å². The zero-order valence-corrected chi connectivity index (χ0v) is 14.4. The van der Waals surface area contributed by atoms with Gasteiger partial charge in [0.2, 0.25) is 5.91 Å². The summed E-state index contributed by atoms with van der Waals surface area (Å²) in [7, 11) is 0. The highest BCUT2D eigenvalue weighted by Crippen LogP contribution is 2.23. The molecular formula is C16H19N3O5S. The third-order valence-electron chi connectivity index (χ3n) is 3.28. The number of hydrogen-bond acceptors (Lipinski definition) is 6. The van der Waals surface area contributed by atoms with E-state index in [0.29, 0.717) is 4.90 Å². The lowest BCUT2D eigenvalue weighted by atomic mass is 10.2. The highest BCUT2D eigenvalue weighted by atomic mass is 32.2. The summed E-state index contributed by atoms with van der Waals surface area (Å²) in [6.45, 7) is 1.37. The van der Waals surface area contributed by atoms with E-state index >= 15 is 0 Å². The maximum absolute atomic E-state index is 12.3. The molecule has 1 atom stereocenters. The second-order valence-electron chi connectivity index (χ2n) is 5.54. The number of carbonyl (C=O) groups excluding carboxylic acids is 4. The lowest BCUT2D eigenvalue weighted by Gasteiger charge is -2.14. The SMILES string of the molecule is CC(OC(=O)c1ccccc1SCC(N)=O)C(=O)NC(=O)NC1CC1. The molecule has 1 fully saturated rings. The highest BCUT2D eigenvalue weighted by molar-refractivity contribution is 8.00. The third kappa shape index (κ3) is 6.11. The molecule has 134 valence electrons. The Balaban J connectivity index is 1.92. The normalized spacial score (nSPS) is 14.3. The zero-order chi connectivity index (χ0) is 18.4. The largest absolute Gasteiger partial charge is 0.449 e. The fourth-order valence-corrected chi connectivity index (χ4v) is 2.63. The number of urea groups is 1. The number of esters is 1. The zero-order valence-electron chi connectivity index (χ0n) is 13.6. The summed E-state index contributed by atoms with van der Waals surface area (Å²) < 4.78 is 5.11. The van der Waals surface area contributed by atoms with Gasteiger partial charge in [-0.1, -0.05) is 12.1 Å². The van der Waals surface area contributed by atoms with Crippen molar-refractivity contribution >= 4 is 35.6 Å². The molecule has 0 aliphatic heterocycles. The molecule has 25 heavy (non-hydrogen) atoms. The summed E-state index contributed by atoms with van der Waals surface area (Å²) in [6, 6.07) is 6.03. The molecular weight excluding hydrogens is 346 g/mol. The van der Waals surface area contributed by atoms with Crippen LogP contribution >= 0.6 is 11.8 Å². The van der Waals surface area contributed by atoms with Gasteiger partial charge in [-0.25, -0.2) is 9.59 Å². The Morgan fingerprint density at radius 3 is 2.60 bits per heavy atom. The van der Waals surface area contributed by atoms with Crippen LogP contribution < -0.4 is 16.4 Å². The van der Waals surface area contributed by atoms with Gasteiger partial charge in [0, 0.05) is 10.9 Å². The molecule has 1 saturated carbocycles. The van der Waals surface area contributed by atoms with Crippen LogP contribution in [0.15, 0.2) is 29.2 Å². The van der Waals surface area contributed by atoms with Crippen molar-refractivity contribution in [2.24, 2.45) is 5.73 Å². The van der Waals surface area contributed by atoms with Crippen molar-refractivity contribution in [3.63, 3.8) is 0 Å². The van der Waals surface area contributed by atoms with Crippen molar-refractivity contribution in [2.75, 3.05) is 5.75 Å². The fourth-order valence-electron chi connectivity index (χ4n) is 1.85. The molecule has 4 N–H and O–H groups in total. The van der Waals surface area contributed by atoms with Crippen LogP contribution in [0.1, 0.15) is 30.1 Å². The first kappa shape index (κ1) is 18.8. The Hall–Kier alpha value is -2.55. The quantitative estimate of drug-likeness (QED) is 0.484. The summed E-state index contributed by atoms with van der Waals surface area (Å²) in [5.41, 5.74) is 5.32. The van der Waals surface area contributed by atoms with Gasteiger partial charge in [0.05, 0.1) is 11.3 Å². The number of nitrogens with one attached hydrogen (secondary N) is 2. The second kappa shape index (κ2) is 8.52. The molecule has 0 bridgehead atoms. The number of rotatable bonds is 7. The van der Waals surface area contributed by atoms with Crippen molar-refractivity contribution in [3.05, 3.63) is 29.8 Å². The molecule has 4 amide bonds. The van der Waals surface area contributed by atoms with Crippen molar-refractivity contribution in [3.8, 4) is 0 Å². The molecule has 0 saturated heterocycles. The number of carbonyl (C=O) groups is 4. The van der Waals surface area contributed by atoms with Crippen LogP contribution in [-0.4, -0.2) is 41.7 Å². The number of nitrogens with two attached hydrogens (primary N) is 1. The summed E-state index contributed by atoms with van der Waals surface area (Å²) in [4.78, 5) is 47.1. The summed E-state index contributed by atoms with van der Waals surface area (Å²) >= 11 is 1.10. The van der Waals surface area contributed by atoms with Gasteiger partial charge in [-0.3, -0.25) is 14.9 Å². The minimum Gasteiger partial charge on any atom is -0.449 e. The van der Waals surface area contributed by atoms with Gasteiger partial charge in [-0.2, -0.15) is 0 Å². The fraction of sp³-hybridized carbons (Fsp3) is 0.375. The van der Waals surface area contributed by atoms with Gasteiger partial charge in [0.15, 0.2) is 6.10 Å². The lowest BCUT2D eigenvalue weighted by Crippen LogP contribution is -2.45. The third-order valence-corrected chi connectivity index (χ3v) is 4.38. The predicted octanol–water partition coefficient (Wildman–Crippen LogP) is 0.797.